The van der Waals surface area contributed by atoms with Gasteiger partial charge >= 0.3 is 5.97 Å². The number of rotatable bonds is 34. The summed E-state index contributed by atoms with van der Waals surface area (Å²) in [4.78, 5) is 12.6. The molecule has 1 saturated heterocycles. The summed E-state index contributed by atoms with van der Waals surface area (Å²) < 4.78 is 22.7. The van der Waals surface area contributed by atoms with Crippen molar-refractivity contribution in [2.75, 3.05) is 26.4 Å². The lowest BCUT2D eigenvalue weighted by molar-refractivity contribution is -0.305. The van der Waals surface area contributed by atoms with Gasteiger partial charge < -0.3 is 39.4 Å². The molecule has 4 N–H and O–H groups in total. The maximum absolute atomic E-state index is 12.6. The van der Waals surface area contributed by atoms with Crippen molar-refractivity contribution in [3.8, 4) is 0 Å². The minimum atomic E-state index is -1.54. The molecule has 6 atom stereocenters. The van der Waals surface area contributed by atoms with Crippen LogP contribution in [0.2, 0.25) is 0 Å². The smallest absolute Gasteiger partial charge is 0.306 e. The summed E-state index contributed by atoms with van der Waals surface area (Å²) in [6.45, 7) is 4.37. The third kappa shape index (κ3) is 26.0. The fourth-order valence-electron chi connectivity index (χ4n) is 6.01. The van der Waals surface area contributed by atoms with Crippen molar-refractivity contribution in [3.05, 3.63) is 48.6 Å². The maximum atomic E-state index is 12.6. The second-order valence-corrected chi connectivity index (χ2v) is 14.1. The Morgan fingerprint density at radius 2 is 1.17 bits per heavy atom. The second-order valence-electron chi connectivity index (χ2n) is 14.1. The second kappa shape index (κ2) is 34.9. The van der Waals surface area contributed by atoms with E-state index < -0.39 is 43.4 Å². The first-order valence-electron chi connectivity index (χ1n) is 20.7. The summed E-state index contributed by atoms with van der Waals surface area (Å²) in [5.41, 5.74) is 0. The zero-order valence-electron chi connectivity index (χ0n) is 32.8. The van der Waals surface area contributed by atoms with E-state index in [0.717, 1.165) is 64.2 Å². The Kier molecular flexibility index (Phi) is 32.3. The standard InChI is InChI=1S/C43H76O9/c1-3-5-7-9-11-12-13-14-15-16-17-18-19-20-21-22-23-24-25-27-29-31-33-49-35-37(51-39(45)32-30-28-26-10-8-6-4-2)36-50-43-42(48)41(47)40(46)38(34-44)52-43/h5,7,11-12,14-15,17-18,37-38,40-44,46-48H,3-4,6,8-10,13,16,19-36H2,1-2H3/b7-5-,12-11-,15-14-,18-17-. The lowest BCUT2D eigenvalue weighted by Gasteiger charge is -2.39. The topological polar surface area (TPSA) is 135 Å². The number of aliphatic hydroxyl groups is 4. The fourth-order valence-corrected chi connectivity index (χ4v) is 6.01. The van der Waals surface area contributed by atoms with Gasteiger partial charge in [-0.3, -0.25) is 4.79 Å². The molecule has 1 rings (SSSR count). The third-order valence-electron chi connectivity index (χ3n) is 9.26. The van der Waals surface area contributed by atoms with Crippen LogP contribution in [0.4, 0.5) is 0 Å². The number of unbranched alkanes of at least 4 members (excludes halogenated alkanes) is 15. The van der Waals surface area contributed by atoms with Gasteiger partial charge in [-0.05, 0) is 51.4 Å². The van der Waals surface area contributed by atoms with Crippen LogP contribution >= 0.6 is 0 Å². The normalized spacial score (nSPS) is 21.7. The molecular weight excluding hydrogens is 660 g/mol. The zero-order valence-corrected chi connectivity index (χ0v) is 32.8. The van der Waals surface area contributed by atoms with E-state index in [9.17, 15) is 25.2 Å². The van der Waals surface area contributed by atoms with Gasteiger partial charge in [-0.1, -0.05) is 146 Å². The van der Waals surface area contributed by atoms with Crippen LogP contribution in [-0.2, 0) is 23.7 Å². The van der Waals surface area contributed by atoms with E-state index in [1.165, 1.54) is 70.6 Å². The number of ether oxygens (including phenoxy) is 4. The van der Waals surface area contributed by atoms with Crippen molar-refractivity contribution in [3.63, 3.8) is 0 Å². The van der Waals surface area contributed by atoms with Gasteiger partial charge in [-0.15, -0.1) is 0 Å². The first-order valence-corrected chi connectivity index (χ1v) is 20.7. The highest BCUT2D eigenvalue weighted by molar-refractivity contribution is 5.69. The Balaban J connectivity index is 2.20. The van der Waals surface area contributed by atoms with Gasteiger partial charge in [0, 0.05) is 13.0 Å². The van der Waals surface area contributed by atoms with Gasteiger partial charge in [0.25, 0.3) is 0 Å². The Morgan fingerprint density at radius 1 is 0.635 bits per heavy atom. The highest BCUT2D eigenvalue weighted by atomic mass is 16.7. The molecule has 0 bridgehead atoms. The molecule has 0 spiro atoms. The number of hydrogen-bond acceptors (Lipinski definition) is 9. The molecule has 9 nitrogen and oxygen atoms in total. The largest absolute Gasteiger partial charge is 0.457 e. The summed E-state index contributed by atoms with van der Waals surface area (Å²) >= 11 is 0. The fraction of sp³-hybridized carbons (Fsp3) is 0.791. The van der Waals surface area contributed by atoms with Crippen molar-refractivity contribution in [1.29, 1.82) is 0 Å². The average Bonchev–Trinajstić information content (AvgIpc) is 3.14. The molecule has 1 fully saturated rings. The van der Waals surface area contributed by atoms with Gasteiger partial charge in [0.1, 0.15) is 30.5 Å². The number of carbonyl (C=O) groups is 1. The minimum Gasteiger partial charge on any atom is -0.457 e. The number of esters is 1. The molecule has 52 heavy (non-hydrogen) atoms. The van der Waals surface area contributed by atoms with E-state index in [4.69, 9.17) is 18.9 Å². The molecule has 0 aliphatic carbocycles. The predicted octanol–water partition coefficient (Wildman–Crippen LogP) is 8.58. The van der Waals surface area contributed by atoms with Crippen LogP contribution < -0.4 is 0 Å². The van der Waals surface area contributed by atoms with E-state index in [2.05, 4.69) is 62.5 Å². The summed E-state index contributed by atoms with van der Waals surface area (Å²) in [5.74, 6) is -0.325. The van der Waals surface area contributed by atoms with E-state index in [1.54, 1.807) is 0 Å². The van der Waals surface area contributed by atoms with Gasteiger partial charge in [0.05, 0.1) is 19.8 Å². The van der Waals surface area contributed by atoms with E-state index in [-0.39, 0.29) is 19.2 Å². The molecule has 0 aromatic carbocycles. The number of hydrogen-bond donors (Lipinski definition) is 4. The summed E-state index contributed by atoms with van der Waals surface area (Å²) in [5, 5.41) is 39.9. The number of aliphatic hydroxyl groups excluding tert-OH is 4. The Morgan fingerprint density at radius 3 is 1.77 bits per heavy atom. The quantitative estimate of drug-likeness (QED) is 0.0291. The van der Waals surface area contributed by atoms with E-state index >= 15 is 0 Å². The Bertz CT molecular complexity index is 932. The average molecular weight is 737 g/mol. The maximum Gasteiger partial charge on any atom is 0.306 e. The van der Waals surface area contributed by atoms with Crippen LogP contribution in [0.3, 0.4) is 0 Å². The molecule has 0 aromatic heterocycles. The lowest BCUT2D eigenvalue weighted by atomic mass is 9.99. The first kappa shape index (κ1) is 48.2. The van der Waals surface area contributed by atoms with Gasteiger partial charge in [-0.25, -0.2) is 0 Å². The molecule has 302 valence electrons. The van der Waals surface area contributed by atoms with Crippen LogP contribution in [0, 0.1) is 0 Å². The SMILES string of the molecule is CC/C=C\C/C=C\C/C=C\C/C=C\CCCCCCCCCCCOCC(COC1OC(CO)C(O)C(O)C1O)OC(=O)CCCCCCCCC. The Hall–Kier alpha value is -1.85. The molecule has 0 aromatic rings. The van der Waals surface area contributed by atoms with Gasteiger partial charge in [-0.2, -0.15) is 0 Å². The molecule has 1 aliphatic rings. The van der Waals surface area contributed by atoms with Crippen molar-refractivity contribution >= 4 is 5.97 Å². The predicted molar refractivity (Wildman–Crippen MR) is 210 cm³/mol. The molecule has 0 saturated carbocycles. The Labute approximate surface area is 316 Å². The molecule has 0 amide bonds. The van der Waals surface area contributed by atoms with E-state index in [0.29, 0.717) is 13.0 Å². The first-order chi connectivity index (χ1) is 25.4. The summed E-state index contributed by atoms with van der Waals surface area (Å²) in [7, 11) is 0. The van der Waals surface area contributed by atoms with E-state index in [1.807, 2.05) is 0 Å². The van der Waals surface area contributed by atoms with Gasteiger partial charge in [0.15, 0.2) is 6.29 Å². The lowest BCUT2D eigenvalue weighted by Crippen LogP contribution is -2.59. The number of carbonyl (C=O) groups excluding carboxylic acids is 1. The molecule has 6 unspecified atom stereocenters. The molecular formula is C43H76O9. The van der Waals surface area contributed by atoms with Crippen LogP contribution in [0.1, 0.15) is 155 Å². The zero-order chi connectivity index (χ0) is 37.9. The van der Waals surface area contributed by atoms with Crippen LogP contribution in [0.25, 0.3) is 0 Å². The van der Waals surface area contributed by atoms with Crippen LogP contribution in [0.15, 0.2) is 48.6 Å². The van der Waals surface area contributed by atoms with Gasteiger partial charge in [0.2, 0.25) is 0 Å². The van der Waals surface area contributed by atoms with Crippen LogP contribution in [-0.4, -0.2) is 89.6 Å². The monoisotopic (exact) mass is 737 g/mol. The molecule has 0 radical (unpaired) electrons. The third-order valence-corrected chi connectivity index (χ3v) is 9.26. The van der Waals surface area contributed by atoms with Crippen LogP contribution in [0.5, 0.6) is 0 Å². The summed E-state index contributed by atoms with van der Waals surface area (Å²) in [6, 6.07) is 0. The van der Waals surface area contributed by atoms with Crippen molar-refractivity contribution in [2.24, 2.45) is 0 Å². The van der Waals surface area contributed by atoms with Crippen molar-refractivity contribution < 1.29 is 44.2 Å². The highest BCUT2D eigenvalue weighted by Crippen LogP contribution is 2.22. The van der Waals surface area contributed by atoms with Crippen molar-refractivity contribution in [2.45, 2.75) is 192 Å². The van der Waals surface area contributed by atoms with Crippen molar-refractivity contribution in [1.82, 2.24) is 0 Å². The molecule has 1 aliphatic heterocycles. The molecule has 9 heteroatoms. The highest BCUT2D eigenvalue weighted by Gasteiger charge is 2.44. The summed E-state index contributed by atoms with van der Waals surface area (Å²) in [6.07, 6.45) is 34.5. The minimum absolute atomic E-state index is 0.116. The number of allylic oxidation sites excluding steroid dienone is 8. The molecule has 1 heterocycles.